The molecule has 0 bridgehead atoms. The van der Waals surface area contributed by atoms with E-state index in [1.165, 1.54) is 22.9 Å². The Morgan fingerprint density at radius 1 is 1.00 bits per heavy atom. The van der Waals surface area contributed by atoms with Crippen molar-refractivity contribution >= 4 is 23.2 Å². The molecule has 0 unspecified atom stereocenters. The van der Waals surface area contributed by atoms with Crippen molar-refractivity contribution in [2.45, 2.75) is 6.54 Å². The highest BCUT2D eigenvalue weighted by Gasteiger charge is 2.10. The molecule has 1 N–H and O–H groups in total. The Hall–Kier alpha value is -3.25. The van der Waals surface area contributed by atoms with Gasteiger partial charge in [-0.1, -0.05) is 11.6 Å². The average molecular weight is 399 g/mol. The van der Waals surface area contributed by atoms with Gasteiger partial charge in [0.15, 0.2) is 0 Å². The van der Waals surface area contributed by atoms with Gasteiger partial charge >= 0.3 is 0 Å². The number of amides is 1. The summed E-state index contributed by atoms with van der Waals surface area (Å²) >= 11 is 5.85. The zero-order valence-corrected chi connectivity index (χ0v) is 16.2. The van der Waals surface area contributed by atoms with Crippen LogP contribution in [0.5, 0.6) is 11.5 Å². The predicted molar refractivity (Wildman–Crippen MR) is 109 cm³/mol. The summed E-state index contributed by atoms with van der Waals surface area (Å²) in [6.07, 6.45) is 1.53. The molecule has 6 nitrogen and oxygen atoms in total. The number of hydrogen-bond donors (Lipinski definition) is 1. The summed E-state index contributed by atoms with van der Waals surface area (Å²) in [5.41, 5.74) is 1.58. The van der Waals surface area contributed by atoms with Crippen LogP contribution in [0.3, 0.4) is 0 Å². The fourth-order valence-electron chi connectivity index (χ4n) is 2.68. The van der Waals surface area contributed by atoms with E-state index in [0.717, 1.165) is 5.56 Å². The summed E-state index contributed by atoms with van der Waals surface area (Å²) in [6.45, 7) is 0.272. The van der Waals surface area contributed by atoms with Crippen LogP contribution in [0.1, 0.15) is 15.9 Å². The van der Waals surface area contributed by atoms with Crippen LogP contribution in [0.4, 0.5) is 5.69 Å². The first-order chi connectivity index (χ1) is 13.5. The Bertz CT molecular complexity index is 1020. The van der Waals surface area contributed by atoms with Gasteiger partial charge in [0.2, 0.25) is 0 Å². The number of aromatic nitrogens is 1. The number of benzene rings is 2. The largest absolute Gasteiger partial charge is 0.497 e. The van der Waals surface area contributed by atoms with E-state index in [0.29, 0.717) is 27.8 Å². The fraction of sp³-hybridized carbons (Fsp3) is 0.143. The Morgan fingerprint density at radius 3 is 2.25 bits per heavy atom. The number of carbonyl (C=O) groups excluding carboxylic acids is 1. The molecule has 0 aliphatic rings. The van der Waals surface area contributed by atoms with Crippen molar-refractivity contribution in [1.82, 2.24) is 4.57 Å². The molecule has 0 atom stereocenters. The average Bonchev–Trinajstić information content (AvgIpc) is 2.71. The Balaban J connectivity index is 1.84. The van der Waals surface area contributed by atoms with Crippen molar-refractivity contribution in [3.63, 3.8) is 0 Å². The Morgan fingerprint density at radius 2 is 1.64 bits per heavy atom. The Labute approximate surface area is 167 Å². The number of pyridine rings is 1. The highest BCUT2D eigenvalue weighted by Crippen LogP contribution is 2.23. The molecule has 0 saturated carbocycles. The van der Waals surface area contributed by atoms with E-state index in [1.807, 2.05) is 12.1 Å². The molecule has 144 valence electrons. The molecule has 2 aromatic carbocycles. The first kappa shape index (κ1) is 19.5. The number of methoxy groups -OCH3 is 2. The van der Waals surface area contributed by atoms with Crippen LogP contribution in [0.25, 0.3) is 0 Å². The third-order valence-corrected chi connectivity index (χ3v) is 4.36. The standard InChI is InChI=1S/C21H19ClN2O4/c1-27-18-9-14(10-19(11-18)28-2)12-24-13-15(3-8-20(24)25)21(26)23-17-6-4-16(22)5-7-17/h3-11,13H,12H2,1-2H3,(H,23,26). The molecule has 28 heavy (non-hydrogen) atoms. The second-order valence-electron chi connectivity index (χ2n) is 6.07. The predicted octanol–water partition coefficient (Wildman–Crippen LogP) is 3.82. The van der Waals surface area contributed by atoms with Gasteiger partial charge in [0, 0.05) is 29.0 Å². The lowest BCUT2D eigenvalue weighted by molar-refractivity contribution is 0.102. The van der Waals surface area contributed by atoms with Gasteiger partial charge in [0.05, 0.1) is 26.3 Å². The van der Waals surface area contributed by atoms with Crippen molar-refractivity contribution in [2.75, 3.05) is 19.5 Å². The molecular weight excluding hydrogens is 380 g/mol. The van der Waals surface area contributed by atoms with Gasteiger partial charge in [0.1, 0.15) is 11.5 Å². The highest BCUT2D eigenvalue weighted by molar-refractivity contribution is 6.30. The van der Waals surface area contributed by atoms with Crippen molar-refractivity contribution in [1.29, 1.82) is 0 Å². The number of anilines is 1. The third kappa shape index (κ3) is 4.72. The van der Waals surface area contributed by atoms with Crippen LogP contribution in [-0.4, -0.2) is 24.7 Å². The topological polar surface area (TPSA) is 69.6 Å². The van der Waals surface area contributed by atoms with Gasteiger partial charge in [-0.25, -0.2) is 0 Å². The number of carbonyl (C=O) groups is 1. The Kier molecular flexibility index (Phi) is 6.01. The molecule has 1 aromatic heterocycles. The second kappa shape index (κ2) is 8.63. The molecule has 0 radical (unpaired) electrons. The maximum Gasteiger partial charge on any atom is 0.257 e. The lowest BCUT2D eigenvalue weighted by atomic mass is 10.2. The summed E-state index contributed by atoms with van der Waals surface area (Å²) in [5.74, 6) is 0.928. The fourth-order valence-corrected chi connectivity index (χ4v) is 2.81. The zero-order valence-electron chi connectivity index (χ0n) is 15.4. The van der Waals surface area contributed by atoms with E-state index >= 15 is 0 Å². The molecular formula is C21H19ClN2O4. The first-order valence-electron chi connectivity index (χ1n) is 8.48. The van der Waals surface area contributed by atoms with Gasteiger partial charge in [-0.05, 0) is 48.0 Å². The minimum Gasteiger partial charge on any atom is -0.497 e. The van der Waals surface area contributed by atoms with Gasteiger partial charge in [-0.3, -0.25) is 9.59 Å². The van der Waals surface area contributed by atoms with E-state index in [-0.39, 0.29) is 18.0 Å². The number of ether oxygens (including phenoxy) is 2. The minimum absolute atomic E-state index is 0.218. The van der Waals surface area contributed by atoms with E-state index in [4.69, 9.17) is 21.1 Å². The quantitative estimate of drug-likeness (QED) is 0.685. The van der Waals surface area contributed by atoms with Crippen LogP contribution >= 0.6 is 11.6 Å². The smallest absolute Gasteiger partial charge is 0.257 e. The second-order valence-corrected chi connectivity index (χ2v) is 6.50. The maximum absolute atomic E-state index is 12.5. The molecule has 1 heterocycles. The molecule has 3 rings (SSSR count). The molecule has 0 aliphatic carbocycles. The molecule has 0 saturated heterocycles. The number of nitrogens with one attached hydrogen (secondary N) is 1. The summed E-state index contributed by atoms with van der Waals surface area (Å²) in [6, 6.07) is 15.0. The molecule has 0 aliphatic heterocycles. The maximum atomic E-state index is 12.5. The van der Waals surface area contributed by atoms with E-state index in [1.54, 1.807) is 44.6 Å². The summed E-state index contributed by atoms with van der Waals surface area (Å²) in [4.78, 5) is 24.8. The number of halogens is 1. The lowest BCUT2D eigenvalue weighted by Crippen LogP contribution is -2.22. The van der Waals surface area contributed by atoms with Gasteiger partial charge in [-0.15, -0.1) is 0 Å². The number of hydrogen-bond acceptors (Lipinski definition) is 4. The number of rotatable bonds is 6. The van der Waals surface area contributed by atoms with E-state index in [9.17, 15) is 9.59 Å². The number of nitrogens with zero attached hydrogens (tertiary/aromatic N) is 1. The molecule has 7 heteroatoms. The minimum atomic E-state index is -0.320. The highest BCUT2D eigenvalue weighted by atomic mass is 35.5. The molecule has 1 amide bonds. The van der Waals surface area contributed by atoms with E-state index in [2.05, 4.69) is 5.32 Å². The van der Waals surface area contributed by atoms with Crippen molar-refractivity contribution < 1.29 is 14.3 Å². The van der Waals surface area contributed by atoms with Gasteiger partial charge in [-0.2, -0.15) is 0 Å². The van der Waals surface area contributed by atoms with Crippen molar-refractivity contribution in [3.05, 3.63) is 87.3 Å². The van der Waals surface area contributed by atoms with Gasteiger partial charge < -0.3 is 19.4 Å². The van der Waals surface area contributed by atoms with Crippen LogP contribution in [0, 0.1) is 0 Å². The SMILES string of the molecule is COc1cc(Cn2cc(C(=O)Nc3ccc(Cl)cc3)ccc2=O)cc(OC)c1. The first-order valence-corrected chi connectivity index (χ1v) is 8.85. The normalized spacial score (nSPS) is 10.4. The monoisotopic (exact) mass is 398 g/mol. The summed E-state index contributed by atoms with van der Waals surface area (Å²) in [5, 5.41) is 3.36. The lowest BCUT2D eigenvalue weighted by Gasteiger charge is -2.11. The summed E-state index contributed by atoms with van der Waals surface area (Å²) < 4.78 is 12.0. The van der Waals surface area contributed by atoms with Gasteiger partial charge in [0.25, 0.3) is 11.5 Å². The van der Waals surface area contributed by atoms with Crippen LogP contribution in [-0.2, 0) is 6.54 Å². The third-order valence-electron chi connectivity index (χ3n) is 4.11. The van der Waals surface area contributed by atoms with Crippen molar-refractivity contribution in [3.8, 4) is 11.5 Å². The molecule has 3 aromatic rings. The molecule has 0 fully saturated rings. The van der Waals surface area contributed by atoms with Crippen molar-refractivity contribution in [2.24, 2.45) is 0 Å². The van der Waals surface area contributed by atoms with Crippen LogP contribution in [0.15, 0.2) is 65.6 Å². The zero-order chi connectivity index (χ0) is 20.1. The molecule has 0 spiro atoms. The van der Waals surface area contributed by atoms with E-state index < -0.39 is 0 Å². The summed E-state index contributed by atoms with van der Waals surface area (Å²) in [7, 11) is 3.12. The van der Waals surface area contributed by atoms with Crippen LogP contribution < -0.4 is 20.3 Å². The van der Waals surface area contributed by atoms with Crippen LogP contribution in [0.2, 0.25) is 5.02 Å².